The first-order chi connectivity index (χ1) is 20.3. The number of likely N-dealkylation sites (N-methyl/N-ethyl adjacent to an activating group) is 2. The molecule has 0 bridgehead atoms. The third-order valence-electron chi connectivity index (χ3n) is 7.06. The fourth-order valence-corrected chi connectivity index (χ4v) is 4.72. The standard InChI is InChI=1S/C31H45N7O5/c1-8-36(30(42)43-31(3,4)5)16-15-33-27(39)20-37(26-17-23(14-13-22(26)2)29(41)34-32-6)21-28(40)35(7)38-18-24-11-9-10-12-25(24)19-38/h9-14,17,32H,8,15-16,18-21H2,1-7H3,(H,33,39)(H,34,41). The van der Waals surface area contributed by atoms with Gasteiger partial charge in [-0.15, -0.1) is 0 Å². The van der Waals surface area contributed by atoms with Crippen LogP contribution in [0.4, 0.5) is 10.5 Å². The second-order valence-electron chi connectivity index (χ2n) is 11.5. The van der Waals surface area contributed by atoms with E-state index < -0.39 is 11.7 Å². The van der Waals surface area contributed by atoms with Gasteiger partial charge in [0.1, 0.15) is 5.60 Å². The van der Waals surface area contributed by atoms with Gasteiger partial charge in [0.25, 0.3) is 11.8 Å². The molecule has 3 N–H and O–H groups in total. The number of carbonyl (C=O) groups excluding carboxylic acids is 4. The van der Waals surface area contributed by atoms with E-state index in [9.17, 15) is 19.2 Å². The lowest BCUT2D eigenvalue weighted by Gasteiger charge is -2.32. The second-order valence-corrected chi connectivity index (χ2v) is 11.5. The molecule has 43 heavy (non-hydrogen) atoms. The van der Waals surface area contributed by atoms with Gasteiger partial charge in [0.15, 0.2) is 0 Å². The van der Waals surface area contributed by atoms with Crippen LogP contribution >= 0.6 is 0 Å². The number of nitrogens with zero attached hydrogens (tertiary/aromatic N) is 4. The van der Waals surface area contributed by atoms with Crippen molar-refractivity contribution in [1.82, 2.24) is 31.1 Å². The number of benzene rings is 2. The molecule has 0 aliphatic carbocycles. The van der Waals surface area contributed by atoms with Gasteiger partial charge in [0.05, 0.1) is 13.1 Å². The van der Waals surface area contributed by atoms with Crippen molar-refractivity contribution in [2.75, 3.05) is 51.7 Å². The molecular formula is C31H45N7O5. The van der Waals surface area contributed by atoms with Gasteiger partial charge >= 0.3 is 6.09 Å². The van der Waals surface area contributed by atoms with Crippen LogP contribution in [0.1, 0.15) is 54.7 Å². The van der Waals surface area contributed by atoms with Crippen LogP contribution in [0.3, 0.4) is 0 Å². The number of ether oxygens (including phenoxy) is 1. The van der Waals surface area contributed by atoms with Crippen molar-refractivity contribution in [3.05, 3.63) is 64.7 Å². The summed E-state index contributed by atoms with van der Waals surface area (Å²) in [7, 11) is 3.32. The molecule has 4 amide bonds. The minimum atomic E-state index is -0.623. The second kappa shape index (κ2) is 14.8. The Balaban J connectivity index is 1.74. The Bertz CT molecular complexity index is 1280. The molecule has 0 unspecified atom stereocenters. The number of amides is 4. The van der Waals surface area contributed by atoms with Crippen LogP contribution in [-0.4, -0.2) is 91.2 Å². The van der Waals surface area contributed by atoms with Crippen molar-refractivity contribution in [2.45, 2.75) is 53.3 Å². The third kappa shape index (κ3) is 9.42. The highest BCUT2D eigenvalue weighted by atomic mass is 16.6. The van der Waals surface area contributed by atoms with E-state index in [1.807, 2.05) is 31.0 Å². The van der Waals surface area contributed by atoms with Crippen molar-refractivity contribution in [3.8, 4) is 0 Å². The molecule has 1 aliphatic heterocycles. The highest BCUT2D eigenvalue weighted by Crippen LogP contribution is 2.25. The van der Waals surface area contributed by atoms with Gasteiger partial charge in [0, 0.05) is 58.1 Å². The zero-order valence-electron chi connectivity index (χ0n) is 26.3. The summed E-state index contributed by atoms with van der Waals surface area (Å²) in [4.78, 5) is 54.9. The predicted molar refractivity (Wildman–Crippen MR) is 165 cm³/mol. The first-order valence-electron chi connectivity index (χ1n) is 14.5. The molecule has 2 aromatic rings. The molecule has 1 aliphatic rings. The molecule has 2 aromatic carbocycles. The zero-order valence-corrected chi connectivity index (χ0v) is 26.3. The SMILES string of the molecule is CCN(CCNC(=O)CN(CC(=O)N(C)N1Cc2ccccc2C1)c1cc(C(=O)NNC)ccc1C)C(=O)OC(C)(C)C. The van der Waals surface area contributed by atoms with E-state index in [-0.39, 0.29) is 43.9 Å². The molecule has 0 saturated heterocycles. The van der Waals surface area contributed by atoms with Gasteiger partial charge in [-0.25, -0.2) is 15.2 Å². The summed E-state index contributed by atoms with van der Waals surface area (Å²) >= 11 is 0. The summed E-state index contributed by atoms with van der Waals surface area (Å²) in [6.45, 7) is 11.0. The molecule has 12 nitrogen and oxygen atoms in total. The first-order valence-corrected chi connectivity index (χ1v) is 14.5. The van der Waals surface area contributed by atoms with Gasteiger partial charge in [-0.3, -0.25) is 24.8 Å². The zero-order chi connectivity index (χ0) is 31.7. The van der Waals surface area contributed by atoms with E-state index in [4.69, 9.17) is 4.74 Å². The number of rotatable bonds is 12. The summed E-state index contributed by atoms with van der Waals surface area (Å²) in [5.41, 5.74) is 8.67. The molecule has 0 atom stereocenters. The molecule has 0 spiro atoms. The van der Waals surface area contributed by atoms with Gasteiger partial charge in [0.2, 0.25) is 5.91 Å². The van der Waals surface area contributed by atoms with Crippen molar-refractivity contribution in [1.29, 1.82) is 0 Å². The third-order valence-corrected chi connectivity index (χ3v) is 7.06. The first kappa shape index (κ1) is 33.3. The molecule has 1 heterocycles. The van der Waals surface area contributed by atoms with Crippen LogP contribution in [0, 0.1) is 6.92 Å². The lowest BCUT2D eigenvalue weighted by Crippen LogP contribution is -2.48. The Morgan fingerprint density at radius 1 is 1.00 bits per heavy atom. The van der Waals surface area contributed by atoms with Crippen LogP contribution in [-0.2, 0) is 27.4 Å². The lowest BCUT2D eigenvalue weighted by atomic mass is 10.1. The van der Waals surface area contributed by atoms with Gasteiger partial charge < -0.3 is 19.9 Å². The number of nitrogens with one attached hydrogen (secondary N) is 3. The minimum absolute atomic E-state index is 0.0896. The molecule has 0 aromatic heterocycles. The molecular weight excluding hydrogens is 550 g/mol. The van der Waals surface area contributed by atoms with Crippen LogP contribution in [0.25, 0.3) is 0 Å². The Kier molecular flexibility index (Phi) is 11.5. The maximum absolute atomic E-state index is 13.6. The van der Waals surface area contributed by atoms with E-state index in [2.05, 4.69) is 28.3 Å². The van der Waals surface area contributed by atoms with Gasteiger partial charge in [-0.05, 0) is 63.4 Å². The number of anilines is 1. The quantitative estimate of drug-likeness (QED) is 0.320. The van der Waals surface area contributed by atoms with Crippen molar-refractivity contribution in [3.63, 3.8) is 0 Å². The molecule has 12 heteroatoms. The number of carbonyl (C=O) groups is 4. The Hall–Kier alpha value is -4.16. The Morgan fingerprint density at radius 2 is 1.65 bits per heavy atom. The fourth-order valence-electron chi connectivity index (χ4n) is 4.72. The van der Waals surface area contributed by atoms with Crippen LogP contribution in [0.2, 0.25) is 0 Å². The molecule has 0 radical (unpaired) electrons. The van der Waals surface area contributed by atoms with Crippen LogP contribution in [0.5, 0.6) is 0 Å². The topological polar surface area (TPSA) is 127 Å². The predicted octanol–water partition coefficient (Wildman–Crippen LogP) is 2.43. The van der Waals surface area contributed by atoms with Crippen molar-refractivity contribution < 1.29 is 23.9 Å². The molecule has 3 rings (SSSR count). The fraction of sp³-hybridized carbons (Fsp3) is 0.484. The molecule has 0 fully saturated rings. The highest BCUT2D eigenvalue weighted by molar-refractivity contribution is 5.95. The monoisotopic (exact) mass is 595 g/mol. The summed E-state index contributed by atoms with van der Waals surface area (Å²) in [6, 6.07) is 13.2. The number of hydrazine groups is 2. The van der Waals surface area contributed by atoms with Gasteiger partial charge in [-0.2, -0.15) is 0 Å². The minimum Gasteiger partial charge on any atom is -0.444 e. The van der Waals surface area contributed by atoms with E-state index in [0.29, 0.717) is 30.9 Å². The van der Waals surface area contributed by atoms with Crippen LogP contribution in [0.15, 0.2) is 42.5 Å². The summed E-state index contributed by atoms with van der Waals surface area (Å²) < 4.78 is 5.44. The number of hydrogen-bond acceptors (Lipinski definition) is 8. The Labute approximate surface area is 254 Å². The largest absolute Gasteiger partial charge is 0.444 e. The highest BCUT2D eigenvalue weighted by Gasteiger charge is 2.27. The van der Waals surface area contributed by atoms with E-state index in [1.165, 1.54) is 16.0 Å². The van der Waals surface area contributed by atoms with E-state index in [1.54, 1.807) is 63.0 Å². The number of fused-ring (bicyclic) bond motifs is 1. The normalized spacial score (nSPS) is 12.7. The maximum Gasteiger partial charge on any atom is 0.410 e. The van der Waals surface area contributed by atoms with E-state index >= 15 is 0 Å². The number of hydrogen-bond donors (Lipinski definition) is 3. The summed E-state index contributed by atoms with van der Waals surface area (Å²) in [5, 5.41) is 6.42. The molecule has 0 saturated carbocycles. The average molecular weight is 596 g/mol. The van der Waals surface area contributed by atoms with Crippen molar-refractivity contribution in [2.24, 2.45) is 0 Å². The van der Waals surface area contributed by atoms with E-state index in [0.717, 1.165) is 5.56 Å². The van der Waals surface area contributed by atoms with Gasteiger partial charge in [-0.1, -0.05) is 30.3 Å². The summed E-state index contributed by atoms with van der Waals surface area (Å²) in [5.74, 6) is -0.867. The lowest BCUT2D eigenvalue weighted by molar-refractivity contribution is -0.145. The smallest absolute Gasteiger partial charge is 0.410 e. The van der Waals surface area contributed by atoms with Crippen molar-refractivity contribution >= 4 is 29.5 Å². The maximum atomic E-state index is 13.6. The molecule has 234 valence electrons. The van der Waals surface area contributed by atoms with Crippen LogP contribution < -0.4 is 21.1 Å². The average Bonchev–Trinajstić information content (AvgIpc) is 3.38. The summed E-state index contributed by atoms with van der Waals surface area (Å²) in [6.07, 6.45) is -0.448. The number of aryl methyl sites for hydroxylation is 1. The Morgan fingerprint density at radius 3 is 2.23 bits per heavy atom.